The number of aromatic nitrogens is 2. The van der Waals surface area contributed by atoms with E-state index in [9.17, 15) is 9.59 Å². The van der Waals surface area contributed by atoms with E-state index in [2.05, 4.69) is 15.5 Å². The molecule has 0 radical (unpaired) electrons. The van der Waals surface area contributed by atoms with E-state index >= 15 is 0 Å². The molecule has 3 heterocycles. The molecule has 2 unspecified atom stereocenters. The van der Waals surface area contributed by atoms with Gasteiger partial charge in [0.25, 0.3) is 11.7 Å². The van der Waals surface area contributed by atoms with Crippen molar-refractivity contribution in [2.24, 2.45) is 5.92 Å². The second-order valence-electron chi connectivity index (χ2n) is 5.18. The van der Waals surface area contributed by atoms with Gasteiger partial charge in [0, 0.05) is 13.1 Å². The fourth-order valence-corrected chi connectivity index (χ4v) is 2.65. The maximum atomic E-state index is 12.2. The van der Waals surface area contributed by atoms with Crippen molar-refractivity contribution < 1.29 is 19.2 Å². The van der Waals surface area contributed by atoms with Gasteiger partial charge in [0.05, 0.1) is 12.0 Å². The van der Waals surface area contributed by atoms with Crippen LogP contribution < -0.4 is 5.32 Å². The molecule has 2 fully saturated rings. The van der Waals surface area contributed by atoms with Crippen molar-refractivity contribution in [3.8, 4) is 0 Å². The molecule has 20 heavy (non-hydrogen) atoms. The van der Waals surface area contributed by atoms with Crippen LogP contribution in [0.5, 0.6) is 0 Å². The van der Waals surface area contributed by atoms with E-state index < -0.39 is 11.9 Å². The highest BCUT2D eigenvalue weighted by Crippen LogP contribution is 2.22. The van der Waals surface area contributed by atoms with Crippen LogP contribution in [0.4, 0.5) is 0 Å². The van der Waals surface area contributed by atoms with Crippen molar-refractivity contribution in [2.45, 2.75) is 25.3 Å². The summed E-state index contributed by atoms with van der Waals surface area (Å²) in [5, 5.41) is 15.9. The second-order valence-corrected chi connectivity index (χ2v) is 5.18. The third-order valence-electron chi connectivity index (χ3n) is 3.82. The van der Waals surface area contributed by atoms with Gasteiger partial charge >= 0.3 is 5.97 Å². The summed E-state index contributed by atoms with van der Waals surface area (Å²) in [5.74, 6) is -1.28. The van der Waals surface area contributed by atoms with Crippen molar-refractivity contribution in [1.29, 1.82) is 0 Å². The average molecular weight is 280 g/mol. The van der Waals surface area contributed by atoms with Gasteiger partial charge in [-0.15, -0.1) is 0 Å². The number of nitrogens with one attached hydrogen (secondary N) is 1. The lowest BCUT2D eigenvalue weighted by Crippen LogP contribution is -2.30. The number of amides is 1. The zero-order chi connectivity index (χ0) is 14.1. The van der Waals surface area contributed by atoms with Crippen LogP contribution in [0.1, 0.15) is 41.8 Å². The summed E-state index contributed by atoms with van der Waals surface area (Å²) in [5.41, 5.74) is 0. The molecule has 0 bridgehead atoms. The summed E-state index contributed by atoms with van der Waals surface area (Å²) in [4.78, 5) is 28.7. The van der Waals surface area contributed by atoms with E-state index in [1.807, 2.05) is 0 Å². The molecule has 108 valence electrons. The molecule has 2 saturated heterocycles. The molecular weight excluding hydrogens is 264 g/mol. The van der Waals surface area contributed by atoms with Crippen LogP contribution in [0.15, 0.2) is 4.52 Å². The first-order valence-electron chi connectivity index (χ1n) is 6.74. The number of carbonyl (C=O) groups is 2. The molecule has 2 N–H and O–H groups in total. The van der Waals surface area contributed by atoms with Gasteiger partial charge in [0.15, 0.2) is 0 Å². The van der Waals surface area contributed by atoms with Gasteiger partial charge in [-0.25, -0.2) is 0 Å². The number of carboxylic acid groups (broad SMARTS) is 1. The van der Waals surface area contributed by atoms with Gasteiger partial charge < -0.3 is 19.8 Å². The van der Waals surface area contributed by atoms with Gasteiger partial charge in [-0.3, -0.25) is 9.59 Å². The van der Waals surface area contributed by atoms with Crippen LogP contribution in [-0.4, -0.2) is 51.7 Å². The van der Waals surface area contributed by atoms with Crippen LogP contribution in [0, 0.1) is 5.92 Å². The van der Waals surface area contributed by atoms with Crippen molar-refractivity contribution in [3.05, 3.63) is 11.7 Å². The van der Waals surface area contributed by atoms with Gasteiger partial charge in [-0.05, 0) is 25.8 Å². The SMILES string of the molecule is O=C(O)C1CCN(C(=O)c2noc(C3CCCN3)n2)C1. The summed E-state index contributed by atoms with van der Waals surface area (Å²) in [6.07, 6.45) is 2.43. The number of rotatable bonds is 3. The monoisotopic (exact) mass is 280 g/mol. The maximum Gasteiger partial charge on any atom is 0.308 e. The van der Waals surface area contributed by atoms with Gasteiger partial charge in [0.2, 0.25) is 5.89 Å². The molecule has 8 heteroatoms. The minimum atomic E-state index is -0.871. The highest BCUT2D eigenvalue weighted by atomic mass is 16.5. The van der Waals surface area contributed by atoms with Crippen molar-refractivity contribution >= 4 is 11.9 Å². The van der Waals surface area contributed by atoms with E-state index in [0.717, 1.165) is 19.4 Å². The number of hydrogen-bond donors (Lipinski definition) is 2. The molecule has 0 aliphatic carbocycles. The third-order valence-corrected chi connectivity index (χ3v) is 3.82. The summed E-state index contributed by atoms with van der Waals surface area (Å²) in [7, 11) is 0. The predicted octanol–water partition coefficient (Wildman–Crippen LogP) is 0.0408. The lowest BCUT2D eigenvalue weighted by Gasteiger charge is -2.12. The quantitative estimate of drug-likeness (QED) is 0.804. The van der Waals surface area contributed by atoms with E-state index in [4.69, 9.17) is 9.63 Å². The largest absolute Gasteiger partial charge is 0.481 e. The zero-order valence-electron chi connectivity index (χ0n) is 10.9. The molecule has 1 aromatic rings. The molecule has 0 aromatic carbocycles. The Kier molecular flexibility index (Phi) is 3.39. The Labute approximate surface area is 115 Å². The molecule has 0 saturated carbocycles. The Morgan fingerprint density at radius 1 is 1.40 bits per heavy atom. The first-order valence-corrected chi connectivity index (χ1v) is 6.74. The van der Waals surface area contributed by atoms with Crippen LogP contribution >= 0.6 is 0 Å². The minimum Gasteiger partial charge on any atom is -0.481 e. The molecule has 3 rings (SSSR count). The van der Waals surface area contributed by atoms with Crippen LogP contribution in [-0.2, 0) is 4.79 Å². The number of carboxylic acids is 1. The smallest absolute Gasteiger partial charge is 0.308 e. The summed E-state index contributed by atoms with van der Waals surface area (Å²) in [6.45, 7) is 1.53. The first-order chi connectivity index (χ1) is 9.65. The van der Waals surface area contributed by atoms with Gasteiger partial charge in [0.1, 0.15) is 0 Å². The number of likely N-dealkylation sites (tertiary alicyclic amines) is 1. The van der Waals surface area contributed by atoms with Gasteiger partial charge in [-0.2, -0.15) is 4.98 Å². The Balaban J connectivity index is 1.67. The van der Waals surface area contributed by atoms with Crippen molar-refractivity contribution in [1.82, 2.24) is 20.4 Å². The van der Waals surface area contributed by atoms with Crippen molar-refractivity contribution in [3.63, 3.8) is 0 Å². The Hall–Kier alpha value is -1.96. The first kappa shape index (κ1) is 13.0. The van der Waals surface area contributed by atoms with Crippen molar-refractivity contribution in [2.75, 3.05) is 19.6 Å². The van der Waals surface area contributed by atoms with Crippen LogP contribution in [0.2, 0.25) is 0 Å². The van der Waals surface area contributed by atoms with E-state index in [1.165, 1.54) is 4.90 Å². The number of hydrogen-bond acceptors (Lipinski definition) is 6. The fraction of sp³-hybridized carbons (Fsp3) is 0.667. The summed E-state index contributed by atoms with van der Waals surface area (Å²) >= 11 is 0. The Bertz CT molecular complexity index is 523. The van der Waals surface area contributed by atoms with Crippen LogP contribution in [0.25, 0.3) is 0 Å². The second kappa shape index (κ2) is 5.20. The predicted molar refractivity (Wildman–Crippen MR) is 65.9 cm³/mol. The average Bonchev–Trinajstić information content (AvgIpc) is 3.17. The number of carbonyl (C=O) groups excluding carboxylic acids is 1. The summed E-state index contributed by atoms with van der Waals surface area (Å²) in [6, 6.07) is 0.0226. The van der Waals surface area contributed by atoms with Gasteiger partial charge in [-0.1, -0.05) is 5.16 Å². The molecule has 0 spiro atoms. The summed E-state index contributed by atoms with van der Waals surface area (Å²) < 4.78 is 5.12. The lowest BCUT2D eigenvalue weighted by molar-refractivity contribution is -0.141. The Morgan fingerprint density at radius 2 is 2.25 bits per heavy atom. The highest BCUT2D eigenvalue weighted by molar-refractivity contribution is 5.91. The van der Waals surface area contributed by atoms with Crippen LogP contribution in [0.3, 0.4) is 0 Å². The fourth-order valence-electron chi connectivity index (χ4n) is 2.65. The normalized spacial score (nSPS) is 26.1. The standard InChI is InChI=1S/C12H16N4O4/c17-11(16-5-3-7(6-16)12(18)19)9-14-10(20-15-9)8-2-1-4-13-8/h7-8,13H,1-6H2,(H,18,19). The number of nitrogens with zero attached hydrogens (tertiary/aromatic N) is 3. The maximum absolute atomic E-state index is 12.2. The molecular formula is C12H16N4O4. The topological polar surface area (TPSA) is 109 Å². The zero-order valence-corrected chi connectivity index (χ0v) is 10.9. The molecule has 2 aliphatic rings. The molecule has 1 aromatic heterocycles. The van der Waals surface area contributed by atoms with E-state index in [-0.39, 0.29) is 24.3 Å². The minimum absolute atomic E-state index is 0.0136. The lowest BCUT2D eigenvalue weighted by atomic mass is 10.1. The molecule has 2 atom stereocenters. The molecule has 1 amide bonds. The third kappa shape index (κ3) is 2.38. The highest BCUT2D eigenvalue weighted by Gasteiger charge is 2.33. The number of aliphatic carboxylic acids is 1. The van der Waals surface area contributed by atoms with E-state index in [0.29, 0.717) is 18.9 Å². The molecule has 2 aliphatic heterocycles. The molecule has 8 nitrogen and oxygen atoms in total. The Morgan fingerprint density at radius 3 is 2.90 bits per heavy atom. The van der Waals surface area contributed by atoms with E-state index in [1.54, 1.807) is 0 Å².